The van der Waals surface area contributed by atoms with Gasteiger partial charge in [0.2, 0.25) is 0 Å². The monoisotopic (exact) mass is 235 g/mol. The standard InChI is InChI=1S/C12H17N3S/c1-12(2,3)10-5-6-15-11(13-10)7-9(14-15)8-16-4/h5-7H,8H2,1-4H3. The summed E-state index contributed by atoms with van der Waals surface area (Å²) in [6.07, 6.45) is 4.07. The predicted octanol–water partition coefficient (Wildman–Crippen LogP) is 2.89. The Hall–Kier alpha value is -1.03. The van der Waals surface area contributed by atoms with Gasteiger partial charge in [0, 0.05) is 29.1 Å². The van der Waals surface area contributed by atoms with Crippen molar-refractivity contribution in [2.75, 3.05) is 6.26 Å². The molecule has 2 aromatic rings. The summed E-state index contributed by atoms with van der Waals surface area (Å²) in [6, 6.07) is 4.11. The number of hydrogen-bond acceptors (Lipinski definition) is 3. The molecule has 0 saturated carbocycles. The fourth-order valence-electron chi connectivity index (χ4n) is 1.56. The van der Waals surface area contributed by atoms with E-state index in [1.54, 1.807) is 11.8 Å². The van der Waals surface area contributed by atoms with Gasteiger partial charge in [-0.05, 0) is 12.3 Å². The van der Waals surface area contributed by atoms with Crippen LogP contribution < -0.4 is 0 Å². The van der Waals surface area contributed by atoms with E-state index in [9.17, 15) is 0 Å². The number of aromatic nitrogens is 3. The third-order valence-corrected chi connectivity index (χ3v) is 3.02. The highest BCUT2D eigenvalue weighted by atomic mass is 32.2. The molecule has 0 aliphatic carbocycles. The normalized spacial score (nSPS) is 12.2. The highest BCUT2D eigenvalue weighted by Gasteiger charge is 2.16. The minimum atomic E-state index is 0.0890. The first-order chi connectivity index (χ1) is 7.50. The third kappa shape index (κ3) is 2.21. The molecule has 0 amide bonds. The van der Waals surface area contributed by atoms with Crippen LogP contribution in [-0.4, -0.2) is 20.9 Å². The van der Waals surface area contributed by atoms with Crippen molar-refractivity contribution in [1.29, 1.82) is 0 Å². The maximum Gasteiger partial charge on any atom is 0.155 e. The smallest absolute Gasteiger partial charge is 0.155 e. The first-order valence-electron chi connectivity index (χ1n) is 5.35. The van der Waals surface area contributed by atoms with Gasteiger partial charge in [-0.25, -0.2) is 9.50 Å². The van der Waals surface area contributed by atoms with Gasteiger partial charge in [0.05, 0.1) is 5.69 Å². The van der Waals surface area contributed by atoms with Crippen LogP contribution in [0.5, 0.6) is 0 Å². The third-order valence-electron chi connectivity index (χ3n) is 2.44. The highest BCUT2D eigenvalue weighted by Crippen LogP contribution is 2.20. The fourth-order valence-corrected chi connectivity index (χ4v) is 2.00. The molecule has 0 saturated heterocycles. The zero-order chi connectivity index (χ0) is 11.8. The van der Waals surface area contributed by atoms with E-state index < -0.39 is 0 Å². The Kier molecular flexibility index (Phi) is 2.93. The quantitative estimate of drug-likeness (QED) is 0.801. The zero-order valence-corrected chi connectivity index (χ0v) is 11.0. The summed E-state index contributed by atoms with van der Waals surface area (Å²) in [7, 11) is 0. The Bertz CT molecular complexity index is 496. The Labute approximate surface area is 100 Å². The largest absolute Gasteiger partial charge is 0.233 e. The molecule has 0 spiro atoms. The molecular formula is C12H17N3S. The number of rotatable bonds is 2. The Morgan fingerprint density at radius 1 is 1.38 bits per heavy atom. The van der Waals surface area contributed by atoms with Gasteiger partial charge in [0.1, 0.15) is 0 Å². The van der Waals surface area contributed by atoms with Gasteiger partial charge in [-0.3, -0.25) is 0 Å². The molecular weight excluding hydrogens is 218 g/mol. The van der Waals surface area contributed by atoms with Gasteiger partial charge in [-0.15, -0.1) is 0 Å². The highest BCUT2D eigenvalue weighted by molar-refractivity contribution is 7.97. The van der Waals surface area contributed by atoms with Crippen molar-refractivity contribution in [2.45, 2.75) is 31.9 Å². The van der Waals surface area contributed by atoms with Crippen molar-refractivity contribution in [1.82, 2.24) is 14.6 Å². The Morgan fingerprint density at radius 2 is 2.12 bits per heavy atom. The molecule has 0 aliphatic rings. The minimum Gasteiger partial charge on any atom is -0.233 e. The van der Waals surface area contributed by atoms with E-state index in [1.165, 1.54) is 0 Å². The topological polar surface area (TPSA) is 30.2 Å². The maximum absolute atomic E-state index is 4.64. The van der Waals surface area contributed by atoms with Crippen LogP contribution >= 0.6 is 11.8 Å². The van der Waals surface area contributed by atoms with Gasteiger partial charge in [-0.2, -0.15) is 16.9 Å². The van der Waals surface area contributed by atoms with Gasteiger partial charge >= 0.3 is 0 Å². The second kappa shape index (κ2) is 4.09. The average molecular weight is 235 g/mol. The van der Waals surface area contributed by atoms with Gasteiger partial charge < -0.3 is 0 Å². The van der Waals surface area contributed by atoms with Crippen molar-refractivity contribution in [3.8, 4) is 0 Å². The number of fused-ring (bicyclic) bond motifs is 1. The summed E-state index contributed by atoms with van der Waals surface area (Å²) in [5.41, 5.74) is 3.23. The van der Waals surface area contributed by atoms with Crippen molar-refractivity contribution in [2.24, 2.45) is 0 Å². The summed E-state index contributed by atoms with van der Waals surface area (Å²) in [6.45, 7) is 6.51. The second-order valence-electron chi connectivity index (χ2n) is 4.93. The Morgan fingerprint density at radius 3 is 2.75 bits per heavy atom. The fraction of sp³-hybridized carbons (Fsp3) is 0.500. The van der Waals surface area contributed by atoms with E-state index >= 15 is 0 Å². The van der Waals surface area contributed by atoms with E-state index in [4.69, 9.17) is 0 Å². The van der Waals surface area contributed by atoms with Crippen molar-refractivity contribution in [3.05, 3.63) is 29.7 Å². The van der Waals surface area contributed by atoms with Crippen LogP contribution in [0.2, 0.25) is 0 Å². The lowest BCUT2D eigenvalue weighted by molar-refractivity contribution is 0.568. The molecule has 0 unspecified atom stereocenters. The van der Waals surface area contributed by atoms with E-state index in [2.05, 4.69) is 43.2 Å². The SMILES string of the molecule is CSCc1cc2nc(C(C)(C)C)ccn2n1. The molecule has 0 aromatic carbocycles. The summed E-state index contributed by atoms with van der Waals surface area (Å²) in [4.78, 5) is 4.64. The van der Waals surface area contributed by atoms with Gasteiger partial charge in [0.25, 0.3) is 0 Å². The molecule has 0 fully saturated rings. The molecule has 0 radical (unpaired) electrons. The molecule has 2 heterocycles. The molecule has 86 valence electrons. The van der Waals surface area contributed by atoms with E-state index in [-0.39, 0.29) is 5.41 Å². The molecule has 16 heavy (non-hydrogen) atoms. The molecule has 3 nitrogen and oxygen atoms in total. The summed E-state index contributed by atoms with van der Waals surface area (Å²) in [5.74, 6) is 0.939. The van der Waals surface area contributed by atoms with Crippen LogP contribution in [0, 0.1) is 0 Å². The lowest BCUT2D eigenvalue weighted by atomic mass is 9.92. The summed E-state index contributed by atoms with van der Waals surface area (Å²) in [5, 5.41) is 4.46. The number of hydrogen-bond donors (Lipinski definition) is 0. The van der Waals surface area contributed by atoms with Crippen LogP contribution in [0.25, 0.3) is 5.65 Å². The molecule has 0 atom stereocenters. The zero-order valence-electron chi connectivity index (χ0n) is 10.2. The lowest BCUT2D eigenvalue weighted by Gasteiger charge is -2.17. The van der Waals surface area contributed by atoms with E-state index in [0.717, 1.165) is 22.8 Å². The molecule has 2 aromatic heterocycles. The maximum atomic E-state index is 4.64. The minimum absolute atomic E-state index is 0.0890. The van der Waals surface area contributed by atoms with Crippen molar-refractivity contribution < 1.29 is 0 Å². The summed E-state index contributed by atoms with van der Waals surface area (Å²) >= 11 is 1.78. The summed E-state index contributed by atoms with van der Waals surface area (Å²) < 4.78 is 1.85. The molecule has 4 heteroatoms. The van der Waals surface area contributed by atoms with Crippen LogP contribution in [0.4, 0.5) is 0 Å². The van der Waals surface area contributed by atoms with Crippen LogP contribution in [0.15, 0.2) is 18.3 Å². The molecule has 2 rings (SSSR count). The second-order valence-corrected chi connectivity index (χ2v) is 5.80. The number of nitrogens with zero attached hydrogens (tertiary/aromatic N) is 3. The molecule has 0 bridgehead atoms. The van der Waals surface area contributed by atoms with Crippen LogP contribution in [0.1, 0.15) is 32.2 Å². The van der Waals surface area contributed by atoms with Crippen molar-refractivity contribution >= 4 is 17.4 Å². The van der Waals surface area contributed by atoms with E-state index in [0.29, 0.717) is 0 Å². The Balaban J connectivity index is 2.46. The van der Waals surface area contributed by atoms with Gasteiger partial charge in [-0.1, -0.05) is 20.8 Å². The molecule has 0 aliphatic heterocycles. The average Bonchev–Trinajstić information content (AvgIpc) is 2.57. The van der Waals surface area contributed by atoms with Crippen LogP contribution in [0.3, 0.4) is 0 Å². The first kappa shape index (κ1) is 11.5. The predicted molar refractivity (Wildman–Crippen MR) is 68.9 cm³/mol. The lowest BCUT2D eigenvalue weighted by Crippen LogP contribution is -2.13. The van der Waals surface area contributed by atoms with Crippen LogP contribution in [-0.2, 0) is 11.2 Å². The first-order valence-corrected chi connectivity index (χ1v) is 6.75. The number of thioether (sulfide) groups is 1. The molecule has 0 N–H and O–H groups in total. The van der Waals surface area contributed by atoms with Crippen molar-refractivity contribution in [3.63, 3.8) is 0 Å². The van der Waals surface area contributed by atoms with E-state index in [1.807, 2.05) is 16.8 Å². The van der Waals surface area contributed by atoms with Gasteiger partial charge in [0.15, 0.2) is 5.65 Å².